The van der Waals surface area contributed by atoms with Crippen LogP contribution in [0, 0.1) is 0 Å². The molecular formula is C15H10ClN5O2S. The minimum atomic E-state index is -0.696. The molecule has 0 aliphatic rings. The number of carbonyl (C=O) groups is 2. The maximum Gasteiger partial charge on any atom is 0.328 e. The number of aromatic nitrogens is 3. The van der Waals surface area contributed by atoms with Crippen molar-refractivity contribution in [1.29, 1.82) is 0 Å². The molecule has 3 amide bonds. The van der Waals surface area contributed by atoms with E-state index >= 15 is 0 Å². The topological polar surface area (TPSA) is 96.9 Å². The van der Waals surface area contributed by atoms with Crippen LogP contribution in [0.2, 0.25) is 5.02 Å². The molecule has 2 heterocycles. The third kappa shape index (κ3) is 3.92. The summed E-state index contributed by atoms with van der Waals surface area (Å²) in [5.74, 6) is -0.543. The van der Waals surface area contributed by atoms with Gasteiger partial charge < -0.3 is 0 Å². The number of hydrogen-bond donors (Lipinski definition) is 2. The summed E-state index contributed by atoms with van der Waals surface area (Å²) in [6.45, 7) is 0. The average molecular weight is 360 g/mol. The average Bonchev–Trinajstić information content (AvgIpc) is 3.04. The minimum Gasteiger partial charge on any atom is -0.282 e. The van der Waals surface area contributed by atoms with Gasteiger partial charge in [-0.3, -0.25) is 20.4 Å². The number of benzene rings is 1. The van der Waals surface area contributed by atoms with Crippen LogP contribution >= 0.6 is 22.9 Å². The Morgan fingerprint density at radius 2 is 1.83 bits per heavy atom. The van der Waals surface area contributed by atoms with Crippen LogP contribution in [-0.4, -0.2) is 27.1 Å². The van der Waals surface area contributed by atoms with Crippen molar-refractivity contribution in [2.75, 3.05) is 5.32 Å². The van der Waals surface area contributed by atoms with Gasteiger partial charge in [0.05, 0.1) is 0 Å². The number of urea groups is 1. The van der Waals surface area contributed by atoms with E-state index in [0.29, 0.717) is 21.3 Å². The second-order valence-corrected chi connectivity index (χ2v) is 5.96. The number of halogens is 1. The first-order valence-corrected chi connectivity index (χ1v) is 7.94. The lowest BCUT2D eigenvalue weighted by molar-refractivity contribution is 0.0967. The number of anilines is 1. The summed E-state index contributed by atoms with van der Waals surface area (Å²) in [6.07, 6.45) is 1.64. The fourth-order valence-corrected chi connectivity index (χ4v) is 2.61. The molecule has 0 bridgehead atoms. The van der Waals surface area contributed by atoms with Gasteiger partial charge in [0.25, 0.3) is 5.91 Å². The van der Waals surface area contributed by atoms with E-state index in [-0.39, 0.29) is 5.13 Å². The Morgan fingerprint density at radius 3 is 2.54 bits per heavy atom. The van der Waals surface area contributed by atoms with Gasteiger partial charge >= 0.3 is 6.03 Å². The van der Waals surface area contributed by atoms with Crippen LogP contribution in [0.4, 0.5) is 9.93 Å². The Hall–Kier alpha value is -2.84. The van der Waals surface area contributed by atoms with E-state index in [9.17, 15) is 9.59 Å². The van der Waals surface area contributed by atoms with Gasteiger partial charge in [-0.15, -0.1) is 10.2 Å². The van der Waals surface area contributed by atoms with E-state index in [0.717, 1.165) is 11.3 Å². The van der Waals surface area contributed by atoms with Crippen molar-refractivity contribution in [2.45, 2.75) is 0 Å². The molecule has 0 atom stereocenters. The first kappa shape index (κ1) is 16.0. The van der Waals surface area contributed by atoms with E-state index < -0.39 is 11.9 Å². The second kappa shape index (κ2) is 7.16. The fourth-order valence-electron chi connectivity index (χ4n) is 1.77. The number of imide groups is 1. The van der Waals surface area contributed by atoms with Gasteiger partial charge in [0, 0.05) is 16.8 Å². The summed E-state index contributed by atoms with van der Waals surface area (Å²) >= 11 is 6.91. The summed E-state index contributed by atoms with van der Waals surface area (Å²) < 4.78 is 0. The number of carbonyl (C=O) groups excluding carboxylic acids is 2. The number of pyridine rings is 1. The summed E-state index contributed by atoms with van der Waals surface area (Å²) in [5, 5.41) is 13.8. The lowest BCUT2D eigenvalue weighted by Gasteiger charge is -2.04. The number of hydrogen-bond acceptors (Lipinski definition) is 6. The van der Waals surface area contributed by atoms with Gasteiger partial charge in [0.15, 0.2) is 5.01 Å². The Morgan fingerprint density at radius 1 is 1.04 bits per heavy atom. The van der Waals surface area contributed by atoms with Gasteiger partial charge in [-0.2, -0.15) is 0 Å². The normalized spacial score (nSPS) is 10.2. The summed E-state index contributed by atoms with van der Waals surface area (Å²) in [6, 6.07) is 10.9. The Labute approximate surface area is 145 Å². The van der Waals surface area contributed by atoms with Crippen molar-refractivity contribution >= 4 is 40.0 Å². The molecule has 24 heavy (non-hydrogen) atoms. The highest BCUT2D eigenvalue weighted by atomic mass is 35.5. The molecule has 0 aliphatic carbocycles. The van der Waals surface area contributed by atoms with E-state index in [2.05, 4.69) is 25.8 Å². The predicted octanol–water partition coefficient (Wildman–Crippen LogP) is 3.22. The van der Waals surface area contributed by atoms with Crippen LogP contribution in [-0.2, 0) is 0 Å². The zero-order valence-corrected chi connectivity index (χ0v) is 13.6. The van der Waals surface area contributed by atoms with Gasteiger partial charge in [-0.1, -0.05) is 29.0 Å². The molecule has 0 radical (unpaired) electrons. The molecule has 0 saturated heterocycles. The molecule has 120 valence electrons. The number of nitrogens with one attached hydrogen (secondary N) is 2. The van der Waals surface area contributed by atoms with Crippen molar-refractivity contribution in [3.63, 3.8) is 0 Å². The number of amides is 3. The zero-order chi connectivity index (χ0) is 16.9. The first-order valence-electron chi connectivity index (χ1n) is 6.74. The molecule has 0 fully saturated rings. The monoisotopic (exact) mass is 359 g/mol. The fraction of sp³-hybridized carbons (Fsp3) is 0. The molecule has 3 aromatic rings. The number of nitrogens with zero attached hydrogens (tertiary/aromatic N) is 3. The predicted molar refractivity (Wildman–Crippen MR) is 91.1 cm³/mol. The molecule has 0 saturated carbocycles. The smallest absolute Gasteiger partial charge is 0.282 e. The van der Waals surface area contributed by atoms with Crippen LogP contribution in [0.3, 0.4) is 0 Å². The van der Waals surface area contributed by atoms with E-state index in [1.54, 1.807) is 30.5 Å². The van der Waals surface area contributed by atoms with Gasteiger partial charge in [0.1, 0.15) is 5.69 Å². The molecule has 0 spiro atoms. The highest BCUT2D eigenvalue weighted by Crippen LogP contribution is 2.24. The Balaban J connectivity index is 1.62. The van der Waals surface area contributed by atoms with Crippen LogP contribution in [0.1, 0.15) is 10.4 Å². The molecule has 0 unspecified atom stereocenters. The largest absolute Gasteiger partial charge is 0.328 e. The van der Waals surface area contributed by atoms with Gasteiger partial charge in [-0.25, -0.2) is 4.79 Å². The molecule has 1 aromatic carbocycles. The van der Waals surface area contributed by atoms with Crippen LogP contribution in [0.25, 0.3) is 10.7 Å². The first-order chi connectivity index (χ1) is 11.6. The van der Waals surface area contributed by atoms with Crippen LogP contribution in [0.5, 0.6) is 0 Å². The molecule has 3 rings (SSSR count). The Kier molecular flexibility index (Phi) is 4.78. The zero-order valence-electron chi connectivity index (χ0n) is 12.1. The lowest BCUT2D eigenvalue weighted by atomic mass is 10.2. The van der Waals surface area contributed by atoms with Crippen molar-refractivity contribution < 1.29 is 9.59 Å². The van der Waals surface area contributed by atoms with E-state index in [4.69, 9.17) is 11.6 Å². The quantitative estimate of drug-likeness (QED) is 0.748. The van der Waals surface area contributed by atoms with Gasteiger partial charge in [-0.05, 0) is 36.4 Å². The maximum atomic E-state index is 11.9. The Bertz CT molecular complexity index is 867. The molecule has 2 aromatic heterocycles. The molecular weight excluding hydrogens is 350 g/mol. The summed E-state index contributed by atoms with van der Waals surface area (Å²) in [4.78, 5) is 27.9. The van der Waals surface area contributed by atoms with E-state index in [1.165, 1.54) is 12.1 Å². The van der Waals surface area contributed by atoms with Crippen LogP contribution < -0.4 is 10.6 Å². The standard InChI is InChI=1S/C15H10ClN5O2S/c16-10-6-4-9(5-7-10)12(22)18-14(23)19-15-21-20-13(24-15)11-3-1-2-8-17-11/h1-8H,(H2,18,19,21,22,23). The third-order valence-corrected chi connectivity index (χ3v) is 3.98. The van der Waals surface area contributed by atoms with Crippen molar-refractivity contribution in [1.82, 2.24) is 20.5 Å². The van der Waals surface area contributed by atoms with Crippen molar-refractivity contribution in [3.05, 3.63) is 59.2 Å². The second-order valence-electron chi connectivity index (χ2n) is 4.54. The van der Waals surface area contributed by atoms with Gasteiger partial charge in [0.2, 0.25) is 5.13 Å². The van der Waals surface area contributed by atoms with Crippen molar-refractivity contribution in [3.8, 4) is 10.7 Å². The number of rotatable bonds is 3. The third-order valence-electron chi connectivity index (χ3n) is 2.86. The molecule has 9 heteroatoms. The lowest BCUT2D eigenvalue weighted by Crippen LogP contribution is -2.34. The highest BCUT2D eigenvalue weighted by Gasteiger charge is 2.13. The summed E-state index contributed by atoms with van der Waals surface area (Å²) in [7, 11) is 0. The molecule has 2 N–H and O–H groups in total. The minimum absolute atomic E-state index is 0.261. The van der Waals surface area contributed by atoms with Crippen molar-refractivity contribution in [2.24, 2.45) is 0 Å². The SMILES string of the molecule is O=C(NC(=O)c1ccc(Cl)cc1)Nc1nnc(-c2ccccn2)s1. The molecule has 0 aliphatic heterocycles. The maximum absolute atomic E-state index is 11.9. The van der Waals surface area contributed by atoms with E-state index in [1.807, 2.05) is 6.07 Å². The molecule has 7 nitrogen and oxygen atoms in total. The van der Waals surface area contributed by atoms with Crippen LogP contribution in [0.15, 0.2) is 48.7 Å². The summed E-state index contributed by atoms with van der Waals surface area (Å²) in [5.41, 5.74) is 0.974. The highest BCUT2D eigenvalue weighted by molar-refractivity contribution is 7.18.